The molecule has 3 aliphatic carbocycles. The summed E-state index contributed by atoms with van der Waals surface area (Å²) in [6.45, 7) is 13.9. The van der Waals surface area contributed by atoms with E-state index in [2.05, 4.69) is 530 Å². The largest absolute Gasteiger partial charge is 0.310 e. The number of benzene rings is 21. The average Bonchev–Trinajstić information content (AvgIpc) is 1.56. The molecule has 0 fully saturated rings. The number of nitrogens with zero attached hydrogens (tertiary/aromatic N) is 8. The molecule has 8 nitrogen and oxygen atoms in total. The Morgan fingerprint density at radius 3 is 0.773 bits per heavy atom. The molecule has 150 heavy (non-hydrogen) atoms. The van der Waals surface area contributed by atoms with Gasteiger partial charge in [0.15, 0.2) is 0 Å². The Balaban J connectivity index is 0.000000114. The molecule has 714 valence electrons. The molecular weight excluding hydrogens is 1820 g/mol. The molecule has 0 spiro atoms. The van der Waals surface area contributed by atoms with Crippen molar-refractivity contribution in [1.29, 1.82) is 5.26 Å². The topological polar surface area (TPSA) is 61.2 Å². The van der Waals surface area contributed by atoms with Gasteiger partial charge in [0.2, 0.25) is 0 Å². The number of aromatic nitrogens is 4. The van der Waals surface area contributed by atoms with Crippen LogP contribution in [0.4, 0.5) is 55.6 Å². The van der Waals surface area contributed by atoms with Crippen LogP contribution in [0.25, 0.3) is 160 Å². The monoisotopic (exact) mass is 1930 g/mol. The van der Waals surface area contributed by atoms with Gasteiger partial charge < -0.3 is 28.4 Å². The van der Waals surface area contributed by atoms with Crippen molar-refractivity contribution in [2.24, 2.45) is 0 Å². The maximum absolute atomic E-state index is 14.1. The highest BCUT2D eigenvalue weighted by atomic mass is 19.1. The van der Waals surface area contributed by atoms with E-state index in [9.17, 15) is 9.65 Å². The van der Waals surface area contributed by atoms with Crippen LogP contribution in [0.5, 0.6) is 0 Å². The van der Waals surface area contributed by atoms with Crippen molar-refractivity contribution in [2.45, 2.75) is 57.8 Å². The first-order valence-electron chi connectivity index (χ1n) is 51.5. The quantitative estimate of drug-likeness (QED) is 0.0965. The van der Waals surface area contributed by atoms with Crippen molar-refractivity contribution in [3.05, 3.63) is 561 Å². The summed E-state index contributed by atoms with van der Waals surface area (Å²) in [5.74, 6) is -0.247. The van der Waals surface area contributed by atoms with Gasteiger partial charge in [-0.3, -0.25) is 4.98 Å². The lowest BCUT2D eigenvalue weighted by atomic mass is 9.82. The van der Waals surface area contributed by atoms with E-state index in [0.717, 1.165) is 90.4 Å². The van der Waals surface area contributed by atoms with Crippen molar-refractivity contribution < 1.29 is 4.39 Å². The number of anilines is 9. The molecule has 0 radical (unpaired) electrons. The van der Waals surface area contributed by atoms with Crippen molar-refractivity contribution in [3.8, 4) is 101 Å². The van der Waals surface area contributed by atoms with Crippen LogP contribution < -0.4 is 14.7 Å². The molecule has 0 amide bonds. The van der Waals surface area contributed by atoms with Gasteiger partial charge in [-0.15, -0.1) is 0 Å². The fourth-order valence-corrected chi connectivity index (χ4v) is 23.9. The standard InChI is InChI=1S/C50H37N3.C46H33N3.C45H33FN2/c1-50(2)46-16-8-6-14-42(46)43-28-27-41(32-47(43)50)52(40-25-20-35(21-26-40)37-11-10-30-51-33-37)39-23-18-34(19-24-39)36-22-29-49-45(31-36)44-15-7-9-17-48(44)53(49)38-12-4-3-5-13-38;1-46(2)42-14-8-6-12-38(42)39-26-25-37(29-43(39)46)48(35-21-16-31(30-47)17-22-35)36-23-18-32(19-24-36)33-20-27-45-41(28-33)40-13-7-9-15-44(40)49(45)34-10-4-3-5-11-34;1-45(2)41-14-8-6-12-37(41)38-26-25-36(29-42(38)45)47(35-23-19-32(46)20-24-35)34-21-16-30(17-22-34)31-18-27-44-40(28-31)39-13-7-9-15-43(39)48(44)33-10-4-3-5-11-33/h3-33H,1-2H3;3-29H,1-2H3;3-29H,1-2H3. The third-order valence-electron chi connectivity index (χ3n) is 31.4. The SMILES string of the molecule is CC1(C)c2ccccc2-c2ccc(N(c3ccc(-c4cccnc4)cc3)c3ccc(-c4ccc5c(c4)c4ccccc4n5-c4ccccc4)cc3)cc21.CC1(C)c2ccccc2-c2ccc(N(c3ccc(C#N)cc3)c3ccc(-c4ccc5c(c4)c4ccccc4n5-c4ccccc4)cc3)cc21.CC1(C)c2ccccc2-c2ccc(N(c3ccc(F)cc3)c3ccc(-c4ccc5c(c4)c4ccccc4n5-c4ccccc4)cc3)cc21. The molecule has 0 unspecified atom stereocenters. The van der Waals surface area contributed by atoms with E-state index in [-0.39, 0.29) is 22.1 Å². The van der Waals surface area contributed by atoms with E-state index >= 15 is 0 Å². The predicted molar refractivity (Wildman–Crippen MR) is 623 cm³/mol. The number of hydrogen-bond acceptors (Lipinski definition) is 5. The number of rotatable bonds is 16. The molecule has 0 N–H and O–H groups in total. The van der Waals surface area contributed by atoms with Crippen molar-refractivity contribution in [2.75, 3.05) is 14.7 Å². The Hall–Kier alpha value is -19.0. The first-order valence-corrected chi connectivity index (χ1v) is 51.5. The van der Waals surface area contributed by atoms with Crippen LogP contribution in [0.1, 0.15) is 80.5 Å². The van der Waals surface area contributed by atoms with Crippen molar-refractivity contribution in [3.63, 3.8) is 0 Å². The molecular formula is C141H103FN8. The zero-order chi connectivity index (χ0) is 101. The first kappa shape index (κ1) is 91.0. The minimum absolute atomic E-state index is 0.0933. The Kier molecular flexibility index (Phi) is 22.4. The molecule has 3 aliphatic rings. The lowest BCUT2D eigenvalue weighted by molar-refractivity contribution is 0.628. The van der Waals surface area contributed by atoms with Crippen LogP contribution in [-0.2, 0) is 16.2 Å². The number of para-hydroxylation sites is 6. The van der Waals surface area contributed by atoms with Crippen LogP contribution in [0.2, 0.25) is 0 Å². The second-order valence-electron chi connectivity index (χ2n) is 41.0. The minimum Gasteiger partial charge on any atom is -0.310 e. The summed E-state index contributed by atoms with van der Waals surface area (Å²) in [4.78, 5) is 11.2. The fraction of sp³-hybridized carbons (Fsp3) is 0.0638. The molecule has 4 heterocycles. The van der Waals surface area contributed by atoms with E-state index in [4.69, 9.17) is 0 Å². The number of fused-ring (bicyclic) bond motifs is 18. The number of pyridine rings is 1. The summed E-state index contributed by atoms with van der Waals surface area (Å²) in [5, 5.41) is 17.0. The Morgan fingerprint density at radius 2 is 0.467 bits per heavy atom. The van der Waals surface area contributed by atoms with Gasteiger partial charge in [-0.2, -0.15) is 5.26 Å². The summed E-state index contributed by atoms with van der Waals surface area (Å²) in [6, 6.07) is 181. The molecule has 28 rings (SSSR count). The van der Waals surface area contributed by atoms with Crippen LogP contribution >= 0.6 is 0 Å². The highest BCUT2D eigenvalue weighted by molar-refractivity contribution is 6.13. The summed E-state index contributed by atoms with van der Waals surface area (Å²) in [6.07, 6.45) is 3.74. The summed E-state index contributed by atoms with van der Waals surface area (Å²) < 4.78 is 21.2. The van der Waals surface area contributed by atoms with E-state index < -0.39 is 0 Å². The van der Waals surface area contributed by atoms with Gasteiger partial charge in [0.25, 0.3) is 0 Å². The molecule has 4 aromatic heterocycles. The average molecular weight is 1930 g/mol. The Morgan fingerprint density at radius 1 is 0.213 bits per heavy atom. The third-order valence-corrected chi connectivity index (χ3v) is 31.4. The molecule has 21 aromatic carbocycles. The van der Waals surface area contributed by atoms with Crippen LogP contribution in [0, 0.1) is 17.1 Å². The Bertz CT molecular complexity index is 9570. The van der Waals surface area contributed by atoms with Crippen molar-refractivity contribution >= 4 is 117 Å². The smallest absolute Gasteiger partial charge is 0.123 e. The van der Waals surface area contributed by atoms with Crippen molar-refractivity contribution in [1.82, 2.24) is 18.7 Å². The number of halogens is 1. The summed E-state index contributed by atoms with van der Waals surface area (Å²) >= 11 is 0. The maximum atomic E-state index is 14.1. The van der Waals surface area contributed by atoms with Crippen LogP contribution in [0.15, 0.2) is 516 Å². The zero-order valence-corrected chi connectivity index (χ0v) is 84.0. The minimum atomic E-state index is -0.247. The van der Waals surface area contributed by atoms with E-state index in [1.807, 2.05) is 54.9 Å². The molecule has 0 atom stereocenters. The second-order valence-corrected chi connectivity index (χ2v) is 41.0. The van der Waals surface area contributed by atoms with Gasteiger partial charge in [-0.05, 0) is 342 Å². The maximum Gasteiger partial charge on any atom is 0.123 e. The van der Waals surface area contributed by atoms with Crippen LogP contribution in [-0.4, -0.2) is 18.7 Å². The van der Waals surface area contributed by atoms with E-state index in [1.165, 1.54) is 167 Å². The summed E-state index contributed by atoms with van der Waals surface area (Å²) in [7, 11) is 0. The second kappa shape index (κ2) is 36.9. The first-order chi connectivity index (χ1) is 73.5. The Labute approximate surface area is 873 Å². The normalized spacial score (nSPS) is 12.9. The molecule has 0 aliphatic heterocycles. The molecule has 9 heteroatoms. The molecule has 0 bridgehead atoms. The highest BCUT2D eigenvalue weighted by Gasteiger charge is 2.40. The highest BCUT2D eigenvalue weighted by Crippen LogP contribution is 2.56. The molecule has 0 saturated carbocycles. The van der Waals surface area contributed by atoms with E-state index in [0.29, 0.717) is 5.56 Å². The summed E-state index contributed by atoms with van der Waals surface area (Å²) in [5.41, 5.74) is 45.7. The van der Waals surface area contributed by atoms with E-state index in [1.54, 1.807) is 0 Å². The van der Waals surface area contributed by atoms with Gasteiger partial charge in [-0.1, -0.05) is 315 Å². The predicted octanol–water partition coefficient (Wildman–Crippen LogP) is 37.8. The van der Waals surface area contributed by atoms with Gasteiger partial charge in [-0.25, -0.2) is 4.39 Å². The van der Waals surface area contributed by atoms with Crippen LogP contribution in [0.3, 0.4) is 0 Å². The van der Waals surface area contributed by atoms with Gasteiger partial charge in [0.05, 0.1) is 44.7 Å². The lowest BCUT2D eigenvalue weighted by Crippen LogP contribution is -2.16. The molecule has 25 aromatic rings. The molecule has 0 saturated heterocycles. The lowest BCUT2D eigenvalue weighted by Gasteiger charge is -2.28. The zero-order valence-electron chi connectivity index (χ0n) is 84.0. The van der Waals surface area contributed by atoms with Gasteiger partial charge in [0, 0.05) is 129 Å². The fourth-order valence-electron chi connectivity index (χ4n) is 23.9. The third kappa shape index (κ3) is 15.7. The van der Waals surface area contributed by atoms with Gasteiger partial charge >= 0.3 is 0 Å². The number of nitriles is 1. The number of hydrogen-bond donors (Lipinski definition) is 0. The van der Waals surface area contributed by atoms with Gasteiger partial charge in [0.1, 0.15) is 5.82 Å².